The molecule has 0 saturated carbocycles. The van der Waals surface area contributed by atoms with Gasteiger partial charge in [0.1, 0.15) is 11.8 Å². The lowest BCUT2D eigenvalue weighted by Gasteiger charge is -2.16. The number of halogens is 3. The maximum Gasteiger partial charge on any atom is 0.326 e. The van der Waals surface area contributed by atoms with Gasteiger partial charge >= 0.3 is 5.97 Å². The van der Waals surface area contributed by atoms with Gasteiger partial charge in [-0.25, -0.2) is 13.2 Å². The van der Waals surface area contributed by atoms with Crippen LogP contribution in [0.4, 0.5) is 0 Å². The van der Waals surface area contributed by atoms with Gasteiger partial charge in [0.15, 0.2) is 9.84 Å². The lowest BCUT2D eigenvalue weighted by molar-refractivity contribution is -0.139. The van der Waals surface area contributed by atoms with Crippen LogP contribution >= 0.6 is 42.7 Å². The van der Waals surface area contributed by atoms with Crippen molar-refractivity contribution in [3.63, 3.8) is 0 Å². The Kier molecular flexibility index (Phi) is 9.69. The second-order valence-electron chi connectivity index (χ2n) is 8.23. The van der Waals surface area contributed by atoms with Gasteiger partial charge in [-0.15, -0.1) is 0 Å². The SMILES string of the molecule is CP(C#Cc1cc(Cl)c(C(=O)NC(Cc2cccc(S(C)(=O)=O)c2)C(=O)O)c(Cl)c1)c1ccc(O)c(Cl)c1. The molecule has 2 unspecified atom stereocenters. The van der Waals surface area contributed by atoms with E-state index in [-0.39, 0.29) is 37.7 Å². The van der Waals surface area contributed by atoms with Crippen molar-refractivity contribution in [1.29, 1.82) is 0 Å². The number of hydrogen-bond donors (Lipinski definition) is 3. The van der Waals surface area contributed by atoms with E-state index in [1.807, 2.05) is 6.66 Å². The third-order valence-electron chi connectivity index (χ3n) is 5.33. The first kappa shape index (κ1) is 29.8. The van der Waals surface area contributed by atoms with Crippen LogP contribution < -0.4 is 10.6 Å². The van der Waals surface area contributed by atoms with E-state index in [1.165, 1.54) is 36.4 Å². The molecule has 2 atom stereocenters. The third-order valence-corrected chi connectivity index (χ3v) is 8.83. The first-order valence-corrected chi connectivity index (χ1v) is 15.6. The number of aromatic hydroxyl groups is 1. The van der Waals surface area contributed by atoms with Crippen LogP contribution in [-0.2, 0) is 21.1 Å². The van der Waals surface area contributed by atoms with E-state index >= 15 is 0 Å². The summed E-state index contributed by atoms with van der Waals surface area (Å²) in [5, 5.41) is 22.7. The molecule has 3 N–H and O–H groups in total. The maximum absolute atomic E-state index is 12.9. The van der Waals surface area contributed by atoms with Gasteiger partial charge in [-0.3, -0.25) is 4.79 Å². The van der Waals surface area contributed by atoms with Gasteiger partial charge in [-0.1, -0.05) is 58.5 Å². The highest BCUT2D eigenvalue weighted by molar-refractivity contribution is 7.90. The fourth-order valence-electron chi connectivity index (χ4n) is 3.35. The first-order chi connectivity index (χ1) is 17.8. The molecule has 0 heterocycles. The van der Waals surface area contributed by atoms with E-state index in [1.54, 1.807) is 18.2 Å². The summed E-state index contributed by atoms with van der Waals surface area (Å²) in [6, 6.07) is 12.2. The molecule has 0 saturated heterocycles. The minimum Gasteiger partial charge on any atom is -0.506 e. The van der Waals surface area contributed by atoms with Gasteiger partial charge in [0.05, 0.1) is 25.5 Å². The average Bonchev–Trinajstić information content (AvgIpc) is 2.83. The fourth-order valence-corrected chi connectivity index (χ4v) is 6.00. The first-order valence-electron chi connectivity index (χ1n) is 10.8. The van der Waals surface area contributed by atoms with Crippen LogP contribution in [0.5, 0.6) is 5.75 Å². The van der Waals surface area contributed by atoms with Gasteiger partial charge < -0.3 is 15.5 Å². The number of phenolic OH excluding ortho intramolecular Hbond substituents is 1. The monoisotopic (exact) mass is 611 g/mol. The molecule has 38 heavy (non-hydrogen) atoms. The normalized spacial score (nSPS) is 12.7. The smallest absolute Gasteiger partial charge is 0.326 e. The highest BCUT2D eigenvalue weighted by atomic mass is 35.5. The van der Waals surface area contributed by atoms with Crippen LogP contribution in [0.2, 0.25) is 15.1 Å². The topological polar surface area (TPSA) is 121 Å². The van der Waals surface area contributed by atoms with Crippen molar-refractivity contribution in [2.24, 2.45) is 0 Å². The summed E-state index contributed by atoms with van der Waals surface area (Å²) in [6.07, 6.45) is 0.885. The molecule has 3 aromatic rings. The Hall–Kier alpha value is -2.79. The Labute approximate surface area is 236 Å². The molecule has 0 aliphatic carbocycles. The number of benzene rings is 3. The van der Waals surface area contributed by atoms with Crippen LogP contribution in [-0.4, -0.2) is 49.5 Å². The summed E-state index contributed by atoms with van der Waals surface area (Å²) in [5.74, 6) is 0.822. The highest BCUT2D eigenvalue weighted by Gasteiger charge is 2.24. The number of nitrogens with one attached hydrogen (secondary N) is 1. The molecule has 3 rings (SSSR count). The fraction of sp³-hybridized carbons (Fsp3) is 0.154. The van der Waals surface area contributed by atoms with E-state index in [4.69, 9.17) is 34.8 Å². The van der Waals surface area contributed by atoms with Crippen molar-refractivity contribution in [1.82, 2.24) is 5.32 Å². The van der Waals surface area contributed by atoms with E-state index in [2.05, 4.69) is 16.9 Å². The van der Waals surface area contributed by atoms with Gasteiger partial charge in [0, 0.05) is 26.2 Å². The summed E-state index contributed by atoms with van der Waals surface area (Å²) in [5.41, 5.74) is 3.84. The van der Waals surface area contributed by atoms with E-state index < -0.39 is 35.7 Å². The minimum atomic E-state index is -3.49. The van der Waals surface area contributed by atoms with Gasteiger partial charge in [-0.2, -0.15) is 0 Å². The number of aliphatic carboxylic acids is 1. The molecule has 0 bridgehead atoms. The molecule has 0 aliphatic rings. The molecule has 198 valence electrons. The third kappa shape index (κ3) is 7.63. The number of amides is 1. The number of carbonyl (C=O) groups is 2. The molecule has 3 aromatic carbocycles. The summed E-state index contributed by atoms with van der Waals surface area (Å²) >= 11 is 18.6. The molecule has 0 aromatic heterocycles. The highest BCUT2D eigenvalue weighted by Crippen LogP contribution is 2.32. The van der Waals surface area contributed by atoms with Crippen LogP contribution in [0.25, 0.3) is 0 Å². The predicted octanol–water partition coefficient (Wildman–Crippen LogP) is 4.93. The van der Waals surface area contributed by atoms with Crippen LogP contribution in [0, 0.1) is 11.6 Å². The minimum absolute atomic E-state index is 0.0179. The zero-order valence-electron chi connectivity index (χ0n) is 20.0. The molecule has 7 nitrogen and oxygen atoms in total. The molecule has 0 fully saturated rings. The number of carboxylic acids is 1. The molecule has 1 amide bonds. The van der Waals surface area contributed by atoms with Crippen LogP contribution in [0.15, 0.2) is 59.5 Å². The van der Waals surface area contributed by atoms with Gasteiger partial charge in [0.2, 0.25) is 0 Å². The van der Waals surface area contributed by atoms with Crippen molar-refractivity contribution in [3.05, 3.63) is 86.4 Å². The van der Waals surface area contributed by atoms with Gasteiger partial charge in [0.25, 0.3) is 5.91 Å². The number of hydrogen-bond acceptors (Lipinski definition) is 5. The average molecular weight is 613 g/mol. The Bertz CT molecular complexity index is 1560. The van der Waals surface area contributed by atoms with Crippen LogP contribution in [0.1, 0.15) is 21.5 Å². The van der Waals surface area contributed by atoms with E-state index in [0.29, 0.717) is 11.1 Å². The number of carboxylic acid groups (broad SMARTS) is 1. The quantitative estimate of drug-likeness (QED) is 0.257. The lowest BCUT2D eigenvalue weighted by Crippen LogP contribution is -2.42. The number of carbonyl (C=O) groups excluding carboxylic acids is 1. The second-order valence-corrected chi connectivity index (χ2v) is 13.3. The molecular formula is C26H21Cl3NO6PS. The predicted molar refractivity (Wildman–Crippen MR) is 151 cm³/mol. The Morgan fingerprint density at radius 2 is 1.68 bits per heavy atom. The zero-order chi connectivity index (χ0) is 28.2. The molecule has 0 radical (unpaired) electrons. The summed E-state index contributed by atoms with van der Waals surface area (Å²) in [6.45, 7) is 1.91. The number of sulfone groups is 1. The number of rotatable bonds is 7. The van der Waals surface area contributed by atoms with Crippen molar-refractivity contribution < 1.29 is 28.2 Å². The summed E-state index contributed by atoms with van der Waals surface area (Å²) < 4.78 is 23.6. The summed E-state index contributed by atoms with van der Waals surface area (Å²) in [7, 11) is -4.43. The maximum atomic E-state index is 12.9. The molecule has 0 spiro atoms. The number of phenols is 1. The Morgan fingerprint density at radius 3 is 2.26 bits per heavy atom. The Morgan fingerprint density at radius 1 is 1.03 bits per heavy atom. The van der Waals surface area contributed by atoms with E-state index in [0.717, 1.165) is 11.6 Å². The standard InChI is InChI=1S/C26H21Cl3NO6PS/c1-37(17-6-7-23(31)19(27)14-17)9-8-16-11-20(28)24(21(29)12-16)25(32)30-22(26(33)34)13-15-4-3-5-18(10-15)38(2,35)36/h3-7,10-12,14,22,31H,13H2,1-2H3,(H,30,32)(H,33,34). The zero-order valence-corrected chi connectivity index (χ0v) is 24.0. The lowest BCUT2D eigenvalue weighted by atomic mass is 10.0. The van der Waals surface area contributed by atoms with Crippen molar-refractivity contribution in [2.45, 2.75) is 17.4 Å². The molecule has 0 aliphatic heterocycles. The van der Waals surface area contributed by atoms with Crippen molar-refractivity contribution in [2.75, 3.05) is 12.9 Å². The van der Waals surface area contributed by atoms with E-state index in [9.17, 15) is 28.2 Å². The van der Waals surface area contributed by atoms with Gasteiger partial charge in [-0.05, 0) is 60.0 Å². The summed E-state index contributed by atoms with van der Waals surface area (Å²) in [4.78, 5) is 24.8. The van der Waals surface area contributed by atoms with Crippen molar-refractivity contribution >= 4 is 69.7 Å². The second kappa shape index (κ2) is 12.4. The van der Waals surface area contributed by atoms with Crippen molar-refractivity contribution in [3.8, 4) is 17.3 Å². The molecule has 12 heteroatoms. The van der Waals surface area contributed by atoms with Crippen LogP contribution in [0.3, 0.4) is 0 Å². The Balaban J connectivity index is 1.80. The molecular weight excluding hydrogens is 592 g/mol. The largest absolute Gasteiger partial charge is 0.506 e.